The molecule has 1 heterocycles. The van der Waals surface area contributed by atoms with Crippen LogP contribution in [-0.4, -0.2) is 15.9 Å². The summed E-state index contributed by atoms with van der Waals surface area (Å²) in [6.07, 6.45) is 1.43. The van der Waals surface area contributed by atoms with E-state index in [4.69, 9.17) is 23.2 Å². The summed E-state index contributed by atoms with van der Waals surface area (Å²) in [6.45, 7) is 3.88. The molecule has 2 rings (SSSR count). The van der Waals surface area contributed by atoms with E-state index in [-0.39, 0.29) is 16.6 Å². The molecule has 7 heteroatoms. The summed E-state index contributed by atoms with van der Waals surface area (Å²) >= 11 is 15.4. The van der Waals surface area contributed by atoms with Crippen molar-refractivity contribution in [3.05, 3.63) is 50.4 Å². The zero-order valence-corrected chi connectivity index (χ0v) is 14.4. The molecule has 0 aliphatic rings. The van der Waals surface area contributed by atoms with Crippen molar-refractivity contribution >= 4 is 50.7 Å². The molecule has 0 spiro atoms. The lowest BCUT2D eigenvalue weighted by molar-refractivity contribution is 0.102. The van der Waals surface area contributed by atoms with E-state index in [2.05, 4.69) is 31.2 Å². The maximum atomic E-state index is 12.3. The van der Waals surface area contributed by atoms with Crippen molar-refractivity contribution in [2.75, 3.05) is 5.32 Å². The number of anilines is 1. The highest BCUT2D eigenvalue weighted by Crippen LogP contribution is 2.26. The molecule has 0 atom stereocenters. The van der Waals surface area contributed by atoms with Gasteiger partial charge in [-0.1, -0.05) is 53.0 Å². The van der Waals surface area contributed by atoms with Gasteiger partial charge in [0.2, 0.25) is 0 Å². The fourth-order valence-electron chi connectivity index (χ4n) is 1.59. The van der Waals surface area contributed by atoms with E-state index in [1.807, 2.05) is 13.8 Å². The Bertz CT molecular complexity index is 692. The molecule has 0 bridgehead atoms. The first-order chi connectivity index (χ1) is 9.88. The number of amides is 1. The van der Waals surface area contributed by atoms with Crippen molar-refractivity contribution in [3.63, 3.8) is 0 Å². The van der Waals surface area contributed by atoms with Gasteiger partial charge < -0.3 is 5.32 Å². The lowest BCUT2D eigenvalue weighted by Crippen LogP contribution is -2.16. The van der Waals surface area contributed by atoms with Crippen LogP contribution in [0.15, 0.2) is 28.9 Å². The summed E-state index contributed by atoms with van der Waals surface area (Å²) in [6, 6.07) is 5.17. The fraction of sp³-hybridized carbons (Fsp3) is 0.214. The van der Waals surface area contributed by atoms with Gasteiger partial charge in [-0.05, 0) is 18.2 Å². The van der Waals surface area contributed by atoms with Crippen LogP contribution >= 0.6 is 39.1 Å². The summed E-state index contributed by atoms with van der Waals surface area (Å²) in [5, 5.41) is 3.32. The Balaban J connectivity index is 2.30. The Morgan fingerprint density at radius 1 is 1.29 bits per heavy atom. The SMILES string of the molecule is CC(C)c1ncc(Cl)c(C(=O)Nc2ccc(Br)cc2Cl)n1. The molecule has 0 unspecified atom stereocenters. The minimum Gasteiger partial charge on any atom is -0.319 e. The van der Waals surface area contributed by atoms with Gasteiger partial charge in [0.25, 0.3) is 5.91 Å². The normalized spacial score (nSPS) is 10.8. The van der Waals surface area contributed by atoms with Crippen molar-refractivity contribution < 1.29 is 4.79 Å². The van der Waals surface area contributed by atoms with Crippen molar-refractivity contribution in [1.29, 1.82) is 0 Å². The average molecular weight is 389 g/mol. The Kier molecular flexibility index (Phi) is 5.19. The number of rotatable bonds is 3. The van der Waals surface area contributed by atoms with Crippen molar-refractivity contribution in [2.45, 2.75) is 19.8 Å². The van der Waals surface area contributed by atoms with Crippen molar-refractivity contribution in [2.24, 2.45) is 0 Å². The lowest BCUT2D eigenvalue weighted by Gasteiger charge is -2.10. The zero-order valence-electron chi connectivity index (χ0n) is 11.3. The molecular weight excluding hydrogens is 377 g/mol. The molecule has 1 aromatic heterocycles. The summed E-state index contributed by atoms with van der Waals surface area (Å²) < 4.78 is 0.827. The van der Waals surface area contributed by atoms with Crippen LogP contribution in [0.3, 0.4) is 0 Å². The number of carbonyl (C=O) groups is 1. The first-order valence-electron chi connectivity index (χ1n) is 6.17. The molecule has 0 aliphatic heterocycles. The second-order valence-electron chi connectivity index (χ2n) is 4.66. The van der Waals surface area contributed by atoms with E-state index >= 15 is 0 Å². The molecule has 0 fully saturated rings. The Hall–Kier alpha value is -1.17. The van der Waals surface area contributed by atoms with Crippen LogP contribution in [0, 0.1) is 0 Å². The molecule has 4 nitrogen and oxygen atoms in total. The second kappa shape index (κ2) is 6.73. The van der Waals surface area contributed by atoms with Gasteiger partial charge in [-0.15, -0.1) is 0 Å². The van der Waals surface area contributed by atoms with Crippen molar-refractivity contribution in [1.82, 2.24) is 9.97 Å². The molecule has 21 heavy (non-hydrogen) atoms. The van der Waals surface area contributed by atoms with Gasteiger partial charge in [0.1, 0.15) is 5.82 Å². The number of carbonyl (C=O) groups excluding carboxylic acids is 1. The van der Waals surface area contributed by atoms with Crippen LogP contribution in [0.4, 0.5) is 5.69 Å². The quantitative estimate of drug-likeness (QED) is 0.811. The van der Waals surface area contributed by atoms with Crippen molar-refractivity contribution in [3.8, 4) is 0 Å². The molecule has 2 aromatic rings. The maximum Gasteiger partial charge on any atom is 0.275 e. The average Bonchev–Trinajstić information content (AvgIpc) is 2.42. The van der Waals surface area contributed by atoms with Gasteiger partial charge in [-0.2, -0.15) is 0 Å². The first kappa shape index (κ1) is 16.2. The van der Waals surface area contributed by atoms with Crippen LogP contribution in [0.2, 0.25) is 10.0 Å². The topological polar surface area (TPSA) is 54.9 Å². The van der Waals surface area contributed by atoms with Gasteiger partial charge in [-0.25, -0.2) is 9.97 Å². The predicted molar refractivity (Wildman–Crippen MR) is 88.2 cm³/mol. The lowest BCUT2D eigenvalue weighted by atomic mass is 10.2. The number of hydrogen-bond acceptors (Lipinski definition) is 3. The van der Waals surface area contributed by atoms with E-state index in [1.165, 1.54) is 6.20 Å². The minimum absolute atomic E-state index is 0.102. The molecular formula is C14H12BrCl2N3O. The van der Waals surface area contributed by atoms with Crippen LogP contribution in [0.25, 0.3) is 0 Å². The number of nitrogens with one attached hydrogen (secondary N) is 1. The number of aromatic nitrogens is 2. The largest absolute Gasteiger partial charge is 0.319 e. The van der Waals surface area contributed by atoms with Crippen LogP contribution < -0.4 is 5.32 Å². The van der Waals surface area contributed by atoms with E-state index in [0.717, 1.165) is 4.47 Å². The van der Waals surface area contributed by atoms with E-state index in [9.17, 15) is 4.79 Å². The van der Waals surface area contributed by atoms with Crippen LogP contribution in [-0.2, 0) is 0 Å². The Labute approximate surface area is 141 Å². The summed E-state index contributed by atoms with van der Waals surface area (Å²) in [4.78, 5) is 20.6. The number of halogens is 3. The van der Waals surface area contributed by atoms with E-state index < -0.39 is 5.91 Å². The zero-order chi connectivity index (χ0) is 15.6. The maximum absolute atomic E-state index is 12.3. The van der Waals surface area contributed by atoms with Gasteiger partial charge >= 0.3 is 0 Å². The highest BCUT2D eigenvalue weighted by atomic mass is 79.9. The highest BCUT2D eigenvalue weighted by Gasteiger charge is 2.16. The van der Waals surface area contributed by atoms with Gasteiger partial charge in [0.05, 0.1) is 21.9 Å². The number of hydrogen-bond donors (Lipinski definition) is 1. The third kappa shape index (κ3) is 3.93. The third-order valence-corrected chi connectivity index (χ3v) is 3.76. The van der Waals surface area contributed by atoms with Crippen LogP contribution in [0.5, 0.6) is 0 Å². The molecule has 1 N–H and O–H groups in total. The van der Waals surface area contributed by atoms with Gasteiger partial charge in [-0.3, -0.25) is 4.79 Å². The second-order valence-corrected chi connectivity index (χ2v) is 6.39. The van der Waals surface area contributed by atoms with Gasteiger partial charge in [0, 0.05) is 10.4 Å². The molecule has 1 amide bonds. The Morgan fingerprint density at radius 3 is 2.62 bits per heavy atom. The summed E-state index contributed by atoms with van der Waals surface area (Å²) in [5.41, 5.74) is 0.625. The standard InChI is InChI=1S/C14H12BrCl2N3O/c1-7(2)13-18-6-10(17)12(20-13)14(21)19-11-4-3-8(15)5-9(11)16/h3-7H,1-2H3,(H,19,21). The first-order valence-corrected chi connectivity index (χ1v) is 7.72. The van der Waals surface area contributed by atoms with E-state index in [1.54, 1.807) is 18.2 Å². The minimum atomic E-state index is -0.423. The third-order valence-electron chi connectivity index (χ3n) is 2.67. The molecule has 0 saturated carbocycles. The highest BCUT2D eigenvalue weighted by molar-refractivity contribution is 9.10. The molecule has 0 saturated heterocycles. The summed E-state index contributed by atoms with van der Waals surface area (Å²) in [7, 11) is 0. The van der Waals surface area contributed by atoms with Crippen LogP contribution in [0.1, 0.15) is 36.1 Å². The molecule has 110 valence electrons. The monoisotopic (exact) mass is 387 g/mol. The fourth-order valence-corrected chi connectivity index (χ4v) is 2.49. The predicted octanol–water partition coefficient (Wildman–Crippen LogP) is 4.92. The number of benzene rings is 1. The molecule has 1 aromatic carbocycles. The number of nitrogens with zero attached hydrogens (tertiary/aromatic N) is 2. The Morgan fingerprint density at radius 2 is 2.00 bits per heavy atom. The summed E-state index contributed by atoms with van der Waals surface area (Å²) in [5.74, 6) is 0.241. The van der Waals surface area contributed by atoms with E-state index in [0.29, 0.717) is 16.5 Å². The smallest absolute Gasteiger partial charge is 0.275 e. The van der Waals surface area contributed by atoms with Gasteiger partial charge in [0.15, 0.2) is 5.69 Å². The molecule has 0 aliphatic carbocycles. The molecule has 0 radical (unpaired) electrons.